The van der Waals surface area contributed by atoms with E-state index in [1.165, 1.54) is 16.1 Å². The Morgan fingerprint density at radius 2 is 2.04 bits per heavy atom. The summed E-state index contributed by atoms with van der Waals surface area (Å²) in [5.74, 6) is 0.577. The molecule has 132 valence electrons. The van der Waals surface area contributed by atoms with Crippen LogP contribution in [0.2, 0.25) is 0 Å². The van der Waals surface area contributed by atoms with Crippen molar-refractivity contribution >= 4 is 27.8 Å². The molecule has 0 atom stereocenters. The normalized spacial score (nSPS) is 11.1. The number of rotatable bonds is 4. The van der Waals surface area contributed by atoms with Gasteiger partial charge in [0.2, 0.25) is 11.0 Å². The molecule has 0 bridgehead atoms. The Kier molecular flexibility index (Phi) is 3.61. The van der Waals surface area contributed by atoms with Gasteiger partial charge in [0, 0.05) is 23.0 Å². The Labute approximate surface area is 157 Å². The second-order valence-electron chi connectivity index (χ2n) is 5.84. The van der Waals surface area contributed by atoms with E-state index in [0.29, 0.717) is 5.82 Å². The molecule has 10 heteroatoms. The summed E-state index contributed by atoms with van der Waals surface area (Å²) in [6.07, 6.45) is 3.82. The fourth-order valence-corrected chi connectivity index (χ4v) is 3.31. The van der Waals surface area contributed by atoms with Crippen LogP contribution in [0, 0.1) is 0 Å². The van der Waals surface area contributed by atoms with Crippen molar-refractivity contribution in [2.75, 3.05) is 5.32 Å². The number of fused-ring (bicyclic) bond motifs is 1. The summed E-state index contributed by atoms with van der Waals surface area (Å²) >= 11 is 1.46. The smallest absolute Gasteiger partial charge is 0.209 e. The van der Waals surface area contributed by atoms with Crippen LogP contribution in [0.5, 0.6) is 0 Å². The van der Waals surface area contributed by atoms with Gasteiger partial charge in [0.1, 0.15) is 11.2 Å². The molecule has 27 heavy (non-hydrogen) atoms. The first kappa shape index (κ1) is 15.6. The van der Waals surface area contributed by atoms with Gasteiger partial charge in [-0.1, -0.05) is 23.5 Å². The molecule has 4 heterocycles. The highest BCUT2D eigenvalue weighted by molar-refractivity contribution is 7.13. The van der Waals surface area contributed by atoms with Gasteiger partial charge >= 0.3 is 0 Å². The largest absolute Gasteiger partial charge is 0.330 e. The Balaban J connectivity index is 1.52. The Morgan fingerprint density at radius 3 is 2.85 bits per heavy atom. The molecule has 0 saturated heterocycles. The average molecular weight is 375 g/mol. The fraction of sp³-hybridized carbons (Fsp3) is 0.0588. The first-order valence-electron chi connectivity index (χ1n) is 8.11. The number of nitrogens with one attached hydrogen (secondary N) is 1. The molecule has 0 aliphatic carbocycles. The van der Waals surface area contributed by atoms with Gasteiger partial charge < -0.3 is 5.32 Å². The summed E-state index contributed by atoms with van der Waals surface area (Å²) in [6.45, 7) is 0. The van der Waals surface area contributed by atoms with E-state index in [1.54, 1.807) is 12.6 Å². The number of benzene rings is 1. The van der Waals surface area contributed by atoms with E-state index in [2.05, 4.69) is 42.0 Å². The first-order valence-corrected chi connectivity index (χ1v) is 8.99. The topological polar surface area (TPSA) is 98.7 Å². The molecule has 9 nitrogen and oxygen atoms in total. The minimum Gasteiger partial charge on any atom is -0.330 e. The number of aromatic nitrogens is 8. The molecule has 0 saturated carbocycles. The maximum Gasteiger partial charge on any atom is 0.209 e. The van der Waals surface area contributed by atoms with Gasteiger partial charge in [-0.2, -0.15) is 4.80 Å². The van der Waals surface area contributed by atoms with E-state index in [4.69, 9.17) is 0 Å². The Hall–Kier alpha value is -3.66. The second-order valence-corrected chi connectivity index (χ2v) is 6.67. The zero-order chi connectivity index (χ0) is 18.2. The number of hydrogen-bond acceptors (Lipinski definition) is 8. The van der Waals surface area contributed by atoms with Crippen LogP contribution in [0.3, 0.4) is 0 Å². The summed E-state index contributed by atoms with van der Waals surface area (Å²) in [7, 11) is 1.74. The van der Waals surface area contributed by atoms with Gasteiger partial charge in [0.15, 0.2) is 0 Å². The maximum atomic E-state index is 4.53. The highest BCUT2D eigenvalue weighted by Gasteiger charge is 2.10. The summed E-state index contributed by atoms with van der Waals surface area (Å²) in [6, 6.07) is 12.0. The number of nitrogens with zero attached hydrogens (tertiary/aromatic N) is 8. The lowest BCUT2D eigenvalue weighted by atomic mass is 10.1. The Morgan fingerprint density at radius 1 is 1.07 bits per heavy atom. The van der Waals surface area contributed by atoms with Gasteiger partial charge in [-0.15, -0.1) is 20.4 Å². The van der Waals surface area contributed by atoms with Crippen LogP contribution in [0.1, 0.15) is 0 Å². The van der Waals surface area contributed by atoms with E-state index < -0.39 is 0 Å². The van der Waals surface area contributed by atoms with Crippen molar-refractivity contribution in [2.45, 2.75) is 0 Å². The van der Waals surface area contributed by atoms with Crippen molar-refractivity contribution in [3.63, 3.8) is 0 Å². The van der Waals surface area contributed by atoms with Crippen LogP contribution < -0.4 is 5.32 Å². The molecule has 4 aromatic heterocycles. The van der Waals surface area contributed by atoms with Crippen LogP contribution in [0.15, 0.2) is 54.3 Å². The third kappa shape index (κ3) is 2.91. The summed E-state index contributed by atoms with van der Waals surface area (Å²) in [4.78, 5) is 5.97. The second kappa shape index (κ2) is 6.25. The van der Waals surface area contributed by atoms with Gasteiger partial charge in [0.05, 0.1) is 18.9 Å². The van der Waals surface area contributed by atoms with Crippen LogP contribution in [0.4, 0.5) is 10.8 Å². The number of tetrazole rings is 1. The SMILES string of the molecule is Cn1nnc(-c2ccn3c(-c4cccc(Nc5nncs5)c4)cnc3c2)n1. The quantitative estimate of drug-likeness (QED) is 0.516. The third-order valence-electron chi connectivity index (χ3n) is 4.05. The molecule has 0 fully saturated rings. The van der Waals surface area contributed by atoms with Crippen LogP contribution in [-0.2, 0) is 7.05 Å². The fourth-order valence-electron chi connectivity index (χ4n) is 2.84. The van der Waals surface area contributed by atoms with Crippen molar-refractivity contribution in [3.8, 4) is 22.6 Å². The molecule has 0 radical (unpaired) electrons. The monoisotopic (exact) mass is 375 g/mol. The van der Waals surface area contributed by atoms with E-state index in [1.807, 2.05) is 47.1 Å². The highest BCUT2D eigenvalue weighted by Crippen LogP contribution is 2.27. The molecular weight excluding hydrogens is 362 g/mol. The summed E-state index contributed by atoms with van der Waals surface area (Å²) < 4.78 is 2.03. The maximum absolute atomic E-state index is 4.53. The molecule has 0 unspecified atom stereocenters. The zero-order valence-corrected chi connectivity index (χ0v) is 15.0. The molecule has 1 aromatic carbocycles. The van der Waals surface area contributed by atoms with Crippen LogP contribution >= 0.6 is 11.3 Å². The number of hydrogen-bond donors (Lipinski definition) is 1. The minimum atomic E-state index is 0.577. The predicted molar refractivity (Wildman–Crippen MR) is 102 cm³/mol. The highest BCUT2D eigenvalue weighted by atomic mass is 32.1. The van der Waals surface area contributed by atoms with Gasteiger partial charge in [0.25, 0.3) is 0 Å². The predicted octanol–water partition coefficient (Wildman–Crippen LogP) is 2.79. The molecule has 5 aromatic rings. The van der Waals surface area contributed by atoms with Crippen LogP contribution in [0.25, 0.3) is 28.3 Å². The van der Waals surface area contributed by atoms with E-state index in [-0.39, 0.29) is 0 Å². The van der Waals surface area contributed by atoms with Gasteiger partial charge in [-0.25, -0.2) is 4.98 Å². The molecule has 5 rings (SSSR count). The molecular formula is C17H13N9S. The number of pyridine rings is 1. The van der Waals surface area contributed by atoms with Gasteiger partial charge in [-0.3, -0.25) is 4.40 Å². The summed E-state index contributed by atoms with van der Waals surface area (Å²) in [5, 5.41) is 24.0. The number of aryl methyl sites for hydroxylation is 1. The molecule has 0 spiro atoms. The van der Waals surface area contributed by atoms with Crippen LogP contribution in [-0.4, -0.2) is 39.8 Å². The standard InChI is InChI=1S/C17H13N9S/c1-25-23-16(21-24-25)12-5-6-26-14(9-18-15(26)8-12)11-3-2-4-13(7-11)20-17-22-19-10-27-17/h2-10H,1H3,(H,20,22). The number of imidazole rings is 1. The third-order valence-corrected chi connectivity index (χ3v) is 4.66. The lowest BCUT2D eigenvalue weighted by molar-refractivity contribution is 0.630. The van der Waals surface area contributed by atoms with Crippen molar-refractivity contribution in [2.24, 2.45) is 7.05 Å². The minimum absolute atomic E-state index is 0.577. The van der Waals surface area contributed by atoms with Crippen molar-refractivity contribution in [3.05, 3.63) is 54.3 Å². The lowest BCUT2D eigenvalue weighted by Gasteiger charge is -2.06. The summed E-state index contributed by atoms with van der Waals surface area (Å²) in [5.41, 5.74) is 6.36. The average Bonchev–Trinajstić information content (AvgIpc) is 3.42. The molecule has 0 aliphatic rings. The molecule has 1 N–H and O–H groups in total. The first-order chi connectivity index (χ1) is 13.3. The number of anilines is 2. The Bertz CT molecular complexity index is 1220. The van der Waals surface area contributed by atoms with Gasteiger partial charge in [-0.05, 0) is 29.5 Å². The molecule has 0 aliphatic heterocycles. The van der Waals surface area contributed by atoms with Crippen molar-refractivity contribution in [1.82, 2.24) is 39.8 Å². The van der Waals surface area contributed by atoms with Crippen molar-refractivity contribution < 1.29 is 0 Å². The zero-order valence-electron chi connectivity index (χ0n) is 14.2. The van der Waals surface area contributed by atoms with Crippen molar-refractivity contribution in [1.29, 1.82) is 0 Å². The molecule has 0 amide bonds. The van der Waals surface area contributed by atoms with E-state index in [9.17, 15) is 0 Å². The van der Waals surface area contributed by atoms with E-state index >= 15 is 0 Å². The lowest BCUT2D eigenvalue weighted by Crippen LogP contribution is -1.93. The van der Waals surface area contributed by atoms with E-state index in [0.717, 1.165) is 33.3 Å².